The van der Waals surface area contributed by atoms with Gasteiger partial charge in [0.25, 0.3) is 0 Å². The molecule has 0 saturated carbocycles. The molecule has 1 aliphatic rings. The Bertz CT molecular complexity index is 459. The van der Waals surface area contributed by atoms with Gasteiger partial charge in [-0.25, -0.2) is 0 Å². The predicted molar refractivity (Wildman–Crippen MR) is 87.2 cm³/mol. The second-order valence-corrected chi connectivity index (χ2v) is 5.86. The zero-order valence-electron chi connectivity index (χ0n) is 13.3. The molecule has 0 unspecified atom stereocenters. The summed E-state index contributed by atoms with van der Waals surface area (Å²) in [5.41, 5.74) is 1.14. The lowest BCUT2D eigenvalue weighted by molar-refractivity contribution is 0.153. The summed E-state index contributed by atoms with van der Waals surface area (Å²) >= 11 is 0. The first-order valence-electron chi connectivity index (χ1n) is 7.86. The fourth-order valence-electron chi connectivity index (χ4n) is 2.91. The maximum absolute atomic E-state index is 5.98. The zero-order valence-corrected chi connectivity index (χ0v) is 13.3. The molecule has 0 N–H and O–H groups in total. The van der Waals surface area contributed by atoms with Crippen LogP contribution in [0.3, 0.4) is 0 Å². The Kier molecular flexibility index (Phi) is 6.12. The lowest BCUT2D eigenvalue weighted by atomic mass is 10.0. The highest BCUT2D eigenvalue weighted by atomic mass is 16.5. The summed E-state index contributed by atoms with van der Waals surface area (Å²) < 4.78 is 11.3. The quantitative estimate of drug-likeness (QED) is 0.717. The standard InChI is InChI=1S/C18H27NO2/c1-4-6-16-13-17(20-3)8-9-18(16)21-12-11-19-10-5-7-15(2)14-19/h4,8-9,13,15H,1,5-7,10-12,14H2,2-3H3/t15-/m1/s1. The normalized spacial score (nSPS) is 19.2. The minimum atomic E-state index is 0.739. The van der Waals surface area contributed by atoms with E-state index in [-0.39, 0.29) is 0 Å². The molecule has 21 heavy (non-hydrogen) atoms. The van der Waals surface area contributed by atoms with Crippen molar-refractivity contribution in [1.29, 1.82) is 0 Å². The van der Waals surface area contributed by atoms with Crippen LogP contribution < -0.4 is 9.47 Å². The molecule has 1 atom stereocenters. The third-order valence-corrected chi connectivity index (χ3v) is 4.04. The van der Waals surface area contributed by atoms with E-state index in [4.69, 9.17) is 9.47 Å². The Hall–Kier alpha value is -1.48. The molecule has 0 spiro atoms. The molecule has 0 amide bonds. The molecule has 1 aromatic rings. The molecule has 0 aromatic heterocycles. The second-order valence-electron chi connectivity index (χ2n) is 5.86. The van der Waals surface area contributed by atoms with Gasteiger partial charge in [-0.15, -0.1) is 6.58 Å². The highest BCUT2D eigenvalue weighted by Crippen LogP contribution is 2.25. The lowest BCUT2D eigenvalue weighted by Crippen LogP contribution is -2.37. The number of allylic oxidation sites excluding steroid dienone is 1. The van der Waals surface area contributed by atoms with E-state index in [0.717, 1.165) is 42.6 Å². The Morgan fingerprint density at radius 1 is 1.43 bits per heavy atom. The highest BCUT2D eigenvalue weighted by Gasteiger charge is 2.15. The summed E-state index contributed by atoms with van der Waals surface area (Å²) in [6.07, 6.45) is 5.37. The minimum Gasteiger partial charge on any atom is -0.497 e. The molecule has 3 heteroatoms. The van der Waals surface area contributed by atoms with E-state index in [1.165, 1.54) is 25.9 Å². The van der Waals surface area contributed by atoms with E-state index in [0.29, 0.717) is 0 Å². The van der Waals surface area contributed by atoms with Crippen LogP contribution in [0.25, 0.3) is 0 Å². The molecule has 2 rings (SSSR count). The topological polar surface area (TPSA) is 21.7 Å². The summed E-state index contributed by atoms with van der Waals surface area (Å²) in [6.45, 7) is 10.3. The van der Waals surface area contributed by atoms with Crippen molar-refractivity contribution >= 4 is 0 Å². The summed E-state index contributed by atoms with van der Waals surface area (Å²) in [7, 11) is 1.69. The molecule has 0 bridgehead atoms. The highest BCUT2D eigenvalue weighted by molar-refractivity contribution is 5.41. The number of methoxy groups -OCH3 is 1. The van der Waals surface area contributed by atoms with Crippen LogP contribution in [0.2, 0.25) is 0 Å². The summed E-state index contributed by atoms with van der Waals surface area (Å²) in [5, 5.41) is 0. The summed E-state index contributed by atoms with van der Waals surface area (Å²) in [6, 6.07) is 5.97. The van der Waals surface area contributed by atoms with Crippen LogP contribution in [0.5, 0.6) is 11.5 Å². The van der Waals surface area contributed by atoms with Gasteiger partial charge in [-0.2, -0.15) is 0 Å². The monoisotopic (exact) mass is 289 g/mol. The maximum atomic E-state index is 5.98. The van der Waals surface area contributed by atoms with Crippen LogP contribution in [0.4, 0.5) is 0 Å². The summed E-state index contributed by atoms with van der Waals surface area (Å²) in [4.78, 5) is 2.50. The van der Waals surface area contributed by atoms with Gasteiger partial charge in [0.15, 0.2) is 0 Å². The van der Waals surface area contributed by atoms with E-state index in [1.807, 2.05) is 24.3 Å². The van der Waals surface area contributed by atoms with Gasteiger partial charge in [0.2, 0.25) is 0 Å². The molecule has 116 valence electrons. The maximum Gasteiger partial charge on any atom is 0.123 e. The van der Waals surface area contributed by atoms with Gasteiger partial charge < -0.3 is 9.47 Å². The van der Waals surface area contributed by atoms with Gasteiger partial charge in [0.05, 0.1) is 7.11 Å². The number of nitrogens with zero attached hydrogens (tertiary/aromatic N) is 1. The average Bonchev–Trinajstić information content (AvgIpc) is 2.49. The van der Waals surface area contributed by atoms with Gasteiger partial charge in [-0.3, -0.25) is 4.90 Å². The number of likely N-dealkylation sites (tertiary alicyclic amines) is 1. The van der Waals surface area contributed by atoms with Crippen molar-refractivity contribution in [1.82, 2.24) is 4.90 Å². The Balaban J connectivity index is 1.88. The van der Waals surface area contributed by atoms with E-state index in [2.05, 4.69) is 18.4 Å². The number of benzene rings is 1. The van der Waals surface area contributed by atoms with E-state index in [1.54, 1.807) is 7.11 Å². The minimum absolute atomic E-state index is 0.739. The van der Waals surface area contributed by atoms with E-state index in [9.17, 15) is 0 Å². The summed E-state index contributed by atoms with van der Waals surface area (Å²) in [5.74, 6) is 2.63. The SMILES string of the molecule is C=CCc1cc(OC)ccc1OCCN1CCC[C@@H](C)C1. The van der Waals surface area contributed by atoms with Crippen molar-refractivity contribution in [2.75, 3.05) is 33.4 Å². The van der Waals surface area contributed by atoms with Gasteiger partial charge >= 0.3 is 0 Å². The van der Waals surface area contributed by atoms with Crippen LogP contribution in [-0.2, 0) is 6.42 Å². The molecule has 1 heterocycles. The van der Waals surface area contributed by atoms with E-state index >= 15 is 0 Å². The molecule has 1 fully saturated rings. The Morgan fingerprint density at radius 3 is 3.00 bits per heavy atom. The van der Waals surface area contributed by atoms with Crippen molar-refractivity contribution < 1.29 is 9.47 Å². The molecule has 3 nitrogen and oxygen atoms in total. The van der Waals surface area contributed by atoms with Gasteiger partial charge in [0, 0.05) is 18.7 Å². The van der Waals surface area contributed by atoms with Crippen LogP contribution in [0.15, 0.2) is 30.9 Å². The smallest absolute Gasteiger partial charge is 0.123 e. The molecule has 1 aliphatic heterocycles. The lowest BCUT2D eigenvalue weighted by Gasteiger charge is -2.30. The largest absolute Gasteiger partial charge is 0.497 e. The first-order chi connectivity index (χ1) is 10.2. The Morgan fingerprint density at radius 2 is 2.29 bits per heavy atom. The fourth-order valence-corrected chi connectivity index (χ4v) is 2.91. The fraction of sp³-hybridized carbons (Fsp3) is 0.556. The zero-order chi connectivity index (χ0) is 15.1. The number of ether oxygens (including phenoxy) is 2. The van der Waals surface area contributed by atoms with Gasteiger partial charge in [-0.05, 0) is 49.9 Å². The predicted octanol–water partition coefficient (Wildman–Crippen LogP) is 3.53. The molecular weight excluding hydrogens is 262 g/mol. The van der Waals surface area contributed by atoms with Crippen LogP contribution >= 0.6 is 0 Å². The molecule has 1 aromatic carbocycles. The Labute approximate surface area is 128 Å². The van der Waals surface area contributed by atoms with Gasteiger partial charge in [0.1, 0.15) is 18.1 Å². The third-order valence-electron chi connectivity index (χ3n) is 4.04. The van der Waals surface area contributed by atoms with Gasteiger partial charge in [-0.1, -0.05) is 13.0 Å². The van der Waals surface area contributed by atoms with Crippen LogP contribution in [0.1, 0.15) is 25.3 Å². The first kappa shape index (κ1) is 15.9. The number of hydrogen-bond donors (Lipinski definition) is 0. The molecule has 0 aliphatic carbocycles. The third kappa shape index (κ3) is 4.78. The van der Waals surface area contributed by atoms with Crippen molar-refractivity contribution in [2.45, 2.75) is 26.2 Å². The first-order valence-corrected chi connectivity index (χ1v) is 7.86. The van der Waals surface area contributed by atoms with Crippen molar-refractivity contribution in [3.05, 3.63) is 36.4 Å². The van der Waals surface area contributed by atoms with Crippen molar-refractivity contribution in [3.63, 3.8) is 0 Å². The number of rotatable bonds is 7. The second kappa shape index (κ2) is 8.08. The average molecular weight is 289 g/mol. The van der Waals surface area contributed by atoms with Crippen LogP contribution in [0, 0.1) is 5.92 Å². The number of piperidine rings is 1. The van der Waals surface area contributed by atoms with Crippen LogP contribution in [-0.4, -0.2) is 38.3 Å². The van der Waals surface area contributed by atoms with Crippen molar-refractivity contribution in [2.24, 2.45) is 5.92 Å². The van der Waals surface area contributed by atoms with E-state index < -0.39 is 0 Å². The molecule has 1 saturated heterocycles. The molecule has 0 radical (unpaired) electrons. The number of hydrogen-bond acceptors (Lipinski definition) is 3. The van der Waals surface area contributed by atoms with Crippen molar-refractivity contribution in [3.8, 4) is 11.5 Å². The molecular formula is C18H27NO2.